The average Bonchev–Trinajstić information content (AvgIpc) is 1.86. The Hall–Kier alpha value is 0.130. The summed E-state index contributed by atoms with van der Waals surface area (Å²) in [6.45, 7) is 2.32. The summed E-state index contributed by atoms with van der Waals surface area (Å²) >= 11 is 0. The minimum absolute atomic E-state index is 0. The van der Waals surface area contributed by atoms with Crippen LogP contribution in [0.5, 0.6) is 0 Å². The van der Waals surface area contributed by atoms with E-state index < -0.39 is 0 Å². The van der Waals surface area contributed by atoms with Crippen molar-refractivity contribution >= 4 is 7.92 Å². The van der Waals surface area contributed by atoms with Crippen LogP contribution >= 0.6 is 7.92 Å². The summed E-state index contributed by atoms with van der Waals surface area (Å²) in [5.41, 5.74) is 0. The van der Waals surface area contributed by atoms with Gasteiger partial charge in [0, 0.05) is 0 Å². The molecule has 1 rings (SSSR count). The first-order chi connectivity index (χ1) is 2.89. The molecule has 0 fully saturated rings. The van der Waals surface area contributed by atoms with E-state index in [0.717, 1.165) is 0 Å². The van der Waals surface area contributed by atoms with E-state index in [2.05, 4.69) is 18.6 Å². The molecule has 0 radical (unpaired) electrons. The molecule has 1 unspecified atom stereocenters. The number of allylic oxidation sites excluding steroid dienone is 1. The third-order valence-corrected chi connectivity index (χ3v) is 2.69. The maximum absolute atomic E-state index is 2.34. The van der Waals surface area contributed by atoms with Crippen LogP contribution in [0, 0.1) is 0 Å². The molecule has 0 spiro atoms. The number of hydrogen-bond acceptors (Lipinski definition) is 0. The molecule has 1 aliphatic heterocycles. The van der Waals surface area contributed by atoms with Crippen molar-refractivity contribution in [1.29, 1.82) is 0 Å². The molecule has 0 saturated heterocycles. The lowest BCUT2D eigenvalue weighted by Crippen LogP contribution is -1.64. The monoisotopic (exact) mass is 118 g/mol. The fourth-order valence-corrected chi connectivity index (χ4v) is 1.82. The largest absolute Gasteiger partial charge is 0.412 e. The van der Waals surface area contributed by atoms with Crippen LogP contribution in [0.15, 0.2) is 11.9 Å². The Morgan fingerprint density at radius 1 is 1.57 bits per heavy atom. The van der Waals surface area contributed by atoms with Gasteiger partial charge in [0.25, 0.3) is 0 Å². The van der Waals surface area contributed by atoms with Crippen LogP contribution in [-0.2, 0) is 0 Å². The summed E-state index contributed by atoms with van der Waals surface area (Å²) in [7, 11) is 0.354. The standard InChI is InChI=1S/C5H9P.H2O/c1-6-4-2-3-5-6;/h2,4H,3,5H2,1H3;1H2. The molecule has 2 heteroatoms. The van der Waals surface area contributed by atoms with Crippen molar-refractivity contribution < 1.29 is 5.48 Å². The lowest BCUT2D eigenvalue weighted by molar-refractivity contribution is 0.824. The molecule has 0 bridgehead atoms. The van der Waals surface area contributed by atoms with Gasteiger partial charge in [0.15, 0.2) is 0 Å². The first-order valence-electron chi connectivity index (χ1n) is 2.26. The summed E-state index contributed by atoms with van der Waals surface area (Å²) in [6.07, 6.45) is 5.06. The van der Waals surface area contributed by atoms with Crippen LogP contribution in [0.4, 0.5) is 0 Å². The zero-order valence-electron chi connectivity index (χ0n) is 4.52. The van der Waals surface area contributed by atoms with E-state index in [1.54, 1.807) is 0 Å². The van der Waals surface area contributed by atoms with Gasteiger partial charge in [-0.15, -0.1) is 0 Å². The fraction of sp³-hybridized carbons (Fsp3) is 0.600. The molecule has 42 valence electrons. The van der Waals surface area contributed by atoms with E-state index in [-0.39, 0.29) is 5.48 Å². The van der Waals surface area contributed by atoms with Gasteiger partial charge >= 0.3 is 0 Å². The second-order valence-corrected chi connectivity index (χ2v) is 3.91. The molecule has 0 aromatic carbocycles. The van der Waals surface area contributed by atoms with E-state index in [1.807, 2.05) is 0 Å². The molecule has 1 heterocycles. The molecule has 1 aliphatic rings. The van der Waals surface area contributed by atoms with Crippen molar-refractivity contribution in [2.45, 2.75) is 6.42 Å². The quantitative estimate of drug-likeness (QED) is 0.428. The van der Waals surface area contributed by atoms with Crippen molar-refractivity contribution in [3.63, 3.8) is 0 Å². The van der Waals surface area contributed by atoms with Gasteiger partial charge in [-0.05, 0) is 19.2 Å². The predicted octanol–water partition coefficient (Wildman–Crippen LogP) is 1.19. The maximum Gasteiger partial charge on any atom is -0.0259 e. The van der Waals surface area contributed by atoms with E-state index in [1.165, 1.54) is 12.6 Å². The summed E-state index contributed by atoms with van der Waals surface area (Å²) in [5, 5.41) is 0. The molecule has 1 atom stereocenters. The summed E-state index contributed by atoms with van der Waals surface area (Å²) in [5.74, 6) is 2.34. The summed E-state index contributed by atoms with van der Waals surface area (Å²) < 4.78 is 0. The van der Waals surface area contributed by atoms with Crippen molar-refractivity contribution in [1.82, 2.24) is 0 Å². The Morgan fingerprint density at radius 2 is 2.29 bits per heavy atom. The minimum atomic E-state index is 0. The van der Waals surface area contributed by atoms with Gasteiger partial charge in [-0.3, -0.25) is 0 Å². The molecular weight excluding hydrogens is 107 g/mol. The predicted molar refractivity (Wildman–Crippen MR) is 35.1 cm³/mol. The second kappa shape index (κ2) is 3.17. The Morgan fingerprint density at radius 3 is 2.43 bits per heavy atom. The Balaban J connectivity index is 0.000000360. The van der Waals surface area contributed by atoms with Gasteiger partial charge in [0.1, 0.15) is 0 Å². The average molecular weight is 118 g/mol. The molecule has 1 nitrogen and oxygen atoms in total. The highest BCUT2D eigenvalue weighted by atomic mass is 31.1. The molecule has 0 aromatic rings. The topological polar surface area (TPSA) is 31.5 Å². The van der Waals surface area contributed by atoms with Gasteiger partial charge in [-0.1, -0.05) is 19.8 Å². The zero-order valence-corrected chi connectivity index (χ0v) is 5.41. The summed E-state index contributed by atoms with van der Waals surface area (Å²) in [4.78, 5) is 0. The van der Waals surface area contributed by atoms with Crippen LogP contribution in [-0.4, -0.2) is 18.3 Å². The minimum Gasteiger partial charge on any atom is -0.412 e. The van der Waals surface area contributed by atoms with Crippen LogP contribution < -0.4 is 0 Å². The molecule has 2 N–H and O–H groups in total. The number of hydrogen-bond donors (Lipinski definition) is 0. The fourth-order valence-electron chi connectivity index (χ4n) is 0.607. The van der Waals surface area contributed by atoms with Gasteiger partial charge in [-0.2, -0.15) is 0 Å². The Kier molecular flexibility index (Phi) is 3.23. The highest BCUT2D eigenvalue weighted by Crippen LogP contribution is 2.37. The van der Waals surface area contributed by atoms with Crippen LogP contribution in [0.3, 0.4) is 0 Å². The third kappa shape index (κ3) is 2.06. The van der Waals surface area contributed by atoms with Crippen LogP contribution in [0.1, 0.15) is 6.42 Å². The molecular formula is C5H11OP. The van der Waals surface area contributed by atoms with Gasteiger partial charge < -0.3 is 5.48 Å². The Labute approximate surface area is 45.5 Å². The van der Waals surface area contributed by atoms with E-state index in [0.29, 0.717) is 7.92 Å². The SMILES string of the molecule is CP1C=CCC1.O. The molecule has 0 aromatic heterocycles. The van der Waals surface area contributed by atoms with Crippen LogP contribution in [0.25, 0.3) is 0 Å². The van der Waals surface area contributed by atoms with E-state index in [9.17, 15) is 0 Å². The van der Waals surface area contributed by atoms with E-state index >= 15 is 0 Å². The normalized spacial score (nSPS) is 27.3. The maximum atomic E-state index is 2.34. The van der Waals surface area contributed by atoms with E-state index in [4.69, 9.17) is 0 Å². The third-order valence-electron chi connectivity index (χ3n) is 1.01. The second-order valence-electron chi connectivity index (χ2n) is 1.65. The van der Waals surface area contributed by atoms with Gasteiger partial charge in [-0.25, -0.2) is 0 Å². The lowest BCUT2D eigenvalue weighted by Gasteiger charge is -1.91. The van der Waals surface area contributed by atoms with Crippen molar-refractivity contribution in [2.75, 3.05) is 12.8 Å². The van der Waals surface area contributed by atoms with Gasteiger partial charge in [0.05, 0.1) is 0 Å². The van der Waals surface area contributed by atoms with Gasteiger partial charge in [0.2, 0.25) is 0 Å². The molecule has 0 saturated carbocycles. The van der Waals surface area contributed by atoms with Crippen molar-refractivity contribution in [2.24, 2.45) is 0 Å². The zero-order chi connectivity index (χ0) is 4.41. The molecule has 0 aliphatic carbocycles. The number of rotatable bonds is 0. The smallest absolute Gasteiger partial charge is 0.0259 e. The Bertz CT molecular complexity index is 70.5. The first-order valence-corrected chi connectivity index (χ1v) is 4.31. The van der Waals surface area contributed by atoms with Crippen LogP contribution in [0.2, 0.25) is 0 Å². The van der Waals surface area contributed by atoms with Crippen molar-refractivity contribution in [3.05, 3.63) is 11.9 Å². The molecule has 7 heavy (non-hydrogen) atoms. The highest BCUT2D eigenvalue weighted by Gasteiger charge is 1.98. The highest BCUT2D eigenvalue weighted by molar-refractivity contribution is 7.60. The summed E-state index contributed by atoms with van der Waals surface area (Å²) in [6, 6.07) is 0. The molecule has 0 amide bonds. The first kappa shape index (κ1) is 7.13. The van der Waals surface area contributed by atoms with Crippen molar-refractivity contribution in [3.8, 4) is 0 Å². The lowest BCUT2D eigenvalue weighted by atomic mass is 10.5.